The Morgan fingerprint density at radius 3 is 2.43 bits per heavy atom. The van der Waals surface area contributed by atoms with Crippen LogP contribution in [0.4, 0.5) is 0 Å². The molecule has 0 aromatic rings. The van der Waals surface area contributed by atoms with E-state index in [2.05, 4.69) is 20.8 Å². The van der Waals surface area contributed by atoms with Crippen molar-refractivity contribution in [3.05, 3.63) is 0 Å². The van der Waals surface area contributed by atoms with Crippen LogP contribution in [0.1, 0.15) is 27.2 Å². The summed E-state index contributed by atoms with van der Waals surface area (Å²) in [4.78, 5) is 10.8. The molecule has 1 N–H and O–H groups in total. The molecule has 0 atom stereocenters. The fourth-order valence-corrected chi connectivity index (χ4v) is 0.756. The van der Waals surface area contributed by atoms with Crippen molar-refractivity contribution in [2.24, 2.45) is 5.41 Å². The number of aliphatic hydroxyl groups is 1. The molecular formula is C10H20O4. The third kappa shape index (κ3) is 9.48. The summed E-state index contributed by atoms with van der Waals surface area (Å²) in [5, 5.41) is 8.41. The van der Waals surface area contributed by atoms with Crippen LogP contribution in [0.25, 0.3) is 0 Å². The van der Waals surface area contributed by atoms with Gasteiger partial charge in [0.15, 0.2) is 0 Å². The van der Waals surface area contributed by atoms with Gasteiger partial charge in [-0.15, -0.1) is 0 Å². The maximum Gasteiger partial charge on any atom is 0.308 e. The van der Waals surface area contributed by atoms with Crippen molar-refractivity contribution in [3.63, 3.8) is 0 Å². The van der Waals surface area contributed by atoms with Gasteiger partial charge in [0.05, 0.1) is 26.2 Å². The molecule has 0 rings (SSSR count). The van der Waals surface area contributed by atoms with Crippen molar-refractivity contribution in [3.8, 4) is 0 Å². The Morgan fingerprint density at radius 1 is 1.29 bits per heavy atom. The summed E-state index contributed by atoms with van der Waals surface area (Å²) < 4.78 is 10.1. The van der Waals surface area contributed by atoms with Gasteiger partial charge in [0.1, 0.15) is 6.61 Å². The molecule has 0 heterocycles. The van der Waals surface area contributed by atoms with E-state index in [-0.39, 0.29) is 31.0 Å². The maximum absolute atomic E-state index is 10.8. The van der Waals surface area contributed by atoms with Gasteiger partial charge in [-0.25, -0.2) is 0 Å². The minimum atomic E-state index is -0.383. The molecule has 14 heavy (non-hydrogen) atoms. The van der Waals surface area contributed by atoms with Gasteiger partial charge in [-0.3, -0.25) is 4.79 Å². The van der Waals surface area contributed by atoms with Gasteiger partial charge >= 0.3 is 5.97 Å². The van der Waals surface area contributed by atoms with Crippen LogP contribution in [0.5, 0.6) is 0 Å². The van der Waals surface area contributed by atoms with E-state index in [1.54, 1.807) is 0 Å². The summed E-state index contributed by atoms with van der Waals surface area (Å²) in [6, 6.07) is 0. The van der Waals surface area contributed by atoms with Crippen molar-refractivity contribution in [2.45, 2.75) is 27.2 Å². The molecule has 0 unspecified atom stereocenters. The summed E-state index contributed by atoms with van der Waals surface area (Å²) in [5.41, 5.74) is 0.134. The van der Waals surface area contributed by atoms with Crippen LogP contribution >= 0.6 is 0 Å². The van der Waals surface area contributed by atoms with Crippen LogP contribution in [-0.2, 0) is 14.3 Å². The highest BCUT2D eigenvalue weighted by Crippen LogP contribution is 2.12. The van der Waals surface area contributed by atoms with Crippen molar-refractivity contribution in [2.75, 3.05) is 26.4 Å². The molecule has 4 heteroatoms. The molecule has 0 radical (unpaired) electrons. The molecule has 0 bridgehead atoms. The Labute approximate surface area is 85.2 Å². The largest absolute Gasteiger partial charge is 0.463 e. The highest BCUT2D eigenvalue weighted by Gasteiger charge is 2.09. The number of esters is 1. The maximum atomic E-state index is 10.8. The highest BCUT2D eigenvalue weighted by atomic mass is 16.6. The van der Waals surface area contributed by atoms with E-state index in [0.717, 1.165) is 0 Å². The van der Waals surface area contributed by atoms with Gasteiger partial charge in [-0.2, -0.15) is 0 Å². The quantitative estimate of drug-likeness (QED) is 0.517. The first-order valence-electron chi connectivity index (χ1n) is 4.80. The second-order valence-electron chi connectivity index (χ2n) is 4.31. The average molecular weight is 204 g/mol. The van der Waals surface area contributed by atoms with Crippen LogP contribution in [0.3, 0.4) is 0 Å². The van der Waals surface area contributed by atoms with E-state index in [1.807, 2.05) is 0 Å². The molecular weight excluding hydrogens is 184 g/mol. The molecule has 4 nitrogen and oxygen atoms in total. The molecule has 0 aromatic carbocycles. The normalized spacial score (nSPS) is 11.4. The highest BCUT2D eigenvalue weighted by molar-refractivity contribution is 5.69. The summed E-state index contributed by atoms with van der Waals surface area (Å²) >= 11 is 0. The second-order valence-corrected chi connectivity index (χ2v) is 4.31. The van der Waals surface area contributed by atoms with Crippen molar-refractivity contribution < 1.29 is 19.4 Å². The molecule has 0 saturated carbocycles. The average Bonchev–Trinajstić information content (AvgIpc) is 2.02. The van der Waals surface area contributed by atoms with Gasteiger partial charge < -0.3 is 14.6 Å². The van der Waals surface area contributed by atoms with Gasteiger partial charge in [0, 0.05) is 0 Å². The van der Waals surface area contributed by atoms with Crippen LogP contribution in [-0.4, -0.2) is 37.5 Å². The molecule has 0 amide bonds. The minimum Gasteiger partial charge on any atom is -0.463 e. The summed E-state index contributed by atoms with van der Waals surface area (Å²) in [6.45, 7) is 7.37. The monoisotopic (exact) mass is 204 g/mol. The predicted molar refractivity (Wildman–Crippen MR) is 52.9 cm³/mol. The molecule has 0 saturated heterocycles. The number of carbonyl (C=O) groups is 1. The lowest BCUT2D eigenvalue weighted by molar-refractivity contribution is -0.146. The first-order chi connectivity index (χ1) is 6.45. The van der Waals surface area contributed by atoms with Crippen molar-refractivity contribution in [1.29, 1.82) is 0 Å². The van der Waals surface area contributed by atoms with Crippen LogP contribution < -0.4 is 0 Å². The first-order valence-corrected chi connectivity index (χ1v) is 4.80. The van der Waals surface area contributed by atoms with E-state index in [1.165, 1.54) is 0 Å². The fraction of sp³-hybridized carbons (Fsp3) is 0.900. The number of rotatable bonds is 6. The topological polar surface area (TPSA) is 55.8 Å². The third-order valence-electron chi connectivity index (χ3n) is 1.34. The lowest BCUT2D eigenvalue weighted by Crippen LogP contribution is -2.18. The van der Waals surface area contributed by atoms with Crippen LogP contribution in [0.15, 0.2) is 0 Å². The van der Waals surface area contributed by atoms with E-state index in [9.17, 15) is 4.79 Å². The molecule has 0 aliphatic carbocycles. The summed E-state index contributed by atoms with van der Waals surface area (Å²) in [5.74, 6) is -0.383. The Balaban J connectivity index is 3.26. The Morgan fingerprint density at radius 2 is 1.93 bits per heavy atom. The fourth-order valence-electron chi connectivity index (χ4n) is 0.756. The van der Waals surface area contributed by atoms with Gasteiger partial charge in [0.2, 0.25) is 0 Å². The number of aliphatic hydroxyl groups excluding tert-OH is 1. The Bertz CT molecular complexity index is 160. The second kappa shape index (κ2) is 6.79. The van der Waals surface area contributed by atoms with E-state index < -0.39 is 0 Å². The van der Waals surface area contributed by atoms with Gasteiger partial charge in [-0.05, 0) is 5.41 Å². The standard InChI is InChI=1S/C10H20O4/c1-10(2,3)8-13-6-7-14-9(12)4-5-11/h11H,4-8H2,1-3H3. The number of hydrogen-bond acceptors (Lipinski definition) is 4. The van der Waals surface area contributed by atoms with E-state index >= 15 is 0 Å². The van der Waals surface area contributed by atoms with Crippen molar-refractivity contribution >= 4 is 5.97 Å². The SMILES string of the molecule is CC(C)(C)COCCOC(=O)CCO. The lowest BCUT2D eigenvalue weighted by Gasteiger charge is -2.17. The third-order valence-corrected chi connectivity index (χ3v) is 1.34. The molecule has 0 aliphatic heterocycles. The van der Waals surface area contributed by atoms with Gasteiger partial charge in [-0.1, -0.05) is 20.8 Å². The summed E-state index contributed by atoms with van der Waals surface area (Å²) in [6.07, 6.45) is 0.0548. The van der Waals surface area contributed by atoms with Crippen LogP contribution in [0.2, 0.25) is 0 Å². The van der Waals surface area contributed by atoms with E-state index in [4.69, 9.17) is 14.6 Å². The molecule has 0 aromatic heterocycles. The number of hydrogen-bond donors (Lipinski definition) is 1. The predicted octanol–water partition coefficient (Wildman–Crippen LogP) is 0.975. The van der Waals surface area contributed by atoms with Crippen molar-refractivity contribution in [1.82, 2.24) is 0 Å². The number of carbonyl (C=O) groups excluding carboxylic acids is 1. The zero-order chi connectivity index (χ0) is 11.0. The summed E-state index contributed by atoms with van der Waals surface area (Å²) in [7, 11) is 0. The molecule has 0 fully saturated rings. The first kappa shape index (κ1) is 13.4. The smallest absolute Gasteiger partial charge is 0.308 e. The zero-order valence-electron chi connectivity index (χ0n) is 9.21. The zero-order valence-corrected chi connectivity index (χ0v) is 9.21. The Hall–Kier alpha value is -0.610. The van der Waals surface area contributed by atoms with E-state index in [0.29, 0.717) is 13.2 Å². The van der Waals surface area contributed by atoms with Gasteiger partial charge in [0.25, 0.3) is 0 Å². The molecule has 84 valence electrons. The lowest BCUT2D eigenvalue weighted by atomic mass is 9.99. The Kier molecular flexibility index (Phi) is 6.49. The number of ether oxygens (including phenoxy) is 2. The minimum absolute atomic E-state index is 0.0548. The molecule has 0 spiro atoms. The van der Waals surface area contributed by atoms with Crippen LogP contribution in [0, 0.1) is 5.41 Å². The molecule has 0 aliphatic rings.